The van der Waals surface area contributed by atoms with E-state index in [2.05, 4.69) is 16.0 Å². The maximum absolute atomic E-state index is 14.6. The van der Waals surface area contributed by atoms with Gasteiger partial charge in [-0.2, -0.15) is 0 Å². The Morgan fingerprint density at radius 1 is 0.849 bits per heavy atom. The molecule has 3 rings (SSSR count). The third kappa shape index (κ3) is 10.7. The van der Waals surface area contributed by atoms with Gasteiger partial charge in [-0.3, -0.25) is 38.5 Å². The molecule has 18 heteroatoms. The Balaban J connectivity index is 2.02. The summed E-state index contributed by atoms with van der Waals surface area (Å²) in [6.45, 7) is 3.97. The molecule has 0 unspecified atom stereocenters. The zero-order valence-corrected chi connectivity index (χ0v) is 29.8. The van der Waals surface area contributed by atoms with Crippen LogP contribution in [0.5, 0.6) is 0 Å². The van der Waals surface area contributed by atoms with Gasteiger partial charge in [0.1, 0.15) is 30.2 Å². The van der Waals surface area contributed by atoms with E-state index in [0.29, 0.717) is 17.2 Å². The van der Waals surface area contributed by atoms with Crippen LogP contribution in [0.2, 0.25) is 0 Å². The number of hydrogen-bond donors (Lipinski definition) is 8. The van der Waals surface area contributed by atoms with Crippen LogP contribution in [0.1, 0.15) is 52.9 Å². The standard InChI is InChI=1S/C35H48N8O10/c1-18(2)29(38)32(49)41-24(17-44)31(48)39-22(13-14-27(36)45)30(47)40-23(16-28(37)46)34(51)43(25-11-6-9-20-8-4-5-10-21(20)25)19(3)33(50)42-15-7-12-26(42)35(52)53/h4-6,8-11,18-19,22-24,26,29,44H,7,12-17,38H2,1-3H3,(H2,36,45)(H2,37,46)(H,39,48)(H,40,47)(H,41,49)(H,52,53)/t19-,22-,23-,24-,26-,29-/m0/s1. The summed E-state index contributed by atoms with van der Waals surface area (Å²) in [4.78, 5) is 106. The topological polar surface area (TPSA) is 298 Å². The molecule has 1 fully saturated rings. The van der Waals surface area contributed by atoms with Gasteiger partial charge in [-0.15, -0.1) is 0 Å². The highest BCUT2D eigenvalue weighted by Gasteiger charge is 2.41. The summed E-state index contributed by atoms with van der Waals surface area (Å²) >= 11 is 0. The van der Waals surface area contributed by atoms with E-state index in [9.17, 15) is 48.6 Å². The molecule has 1 aliphatic rings. The average molecular weight is 741 g/mol. The highest BCUT2D eigenvalue weighted by Crippen LogP contribution is 2.31. The Labute approximate surface area is 305 Å². The van der Waals surface area contributed by atoms with Crippen LogP contribution in [0, 0.1) is 5.92 Å². The number of aliphatic carboxylic acids is 1. The van der Waals surface area contributed by atoms with Crippen LogP contribution in [-0.4, -0.2) is 112 Å². The summed E-state index contributed by atoms with van der Waals surface area (Å²) in [6.07, 6.45) is -0.958. The van der Waals surface area contributed by atoms with Gasteiger partial charge < -0.3 is 48.3 Å². The molecule has 18 nitrogen and oxygen atoms in total. The third-order valence-electron chi connectivity index (χ3n) is 9.00. The number of aliphatic hydroxyl groups is 1. The molecule has 1 aliphatic heterocycles. The van der Waals surface area contributed by atoms with Crippen LogP contribution in [-0.2, 0) is 38.4 Å². The average Bonchev–Trinajstić information content (AvgIpc) is 3.61. The van der Waals surface area contributed by atoms with Crippen LogP contribution < -0.4 is 38.1 Å². The minimum Gasteiger partial charge on any atom is -0.480 e. The van der Waals surface area contributed by atoms with Gasteiger partial charge in [-0.25, -0.2) is 4.79 Å². The van der Waals surface area contributed by atoms with Gasteiger partial charge in [0.25, 0.3) is 5.91 Å². The van der Waals surface area contributed by atoms with Gasteiger partial charge in [-0.05, 0) is 43.6 Å². The molecule has 0 spiro atoms. The molecule has 0 bridgehead atoms. The van der Waals surface area contributed by atoms with Crippen molar-refractivity contribution >= 4 is 63.8 Å². The number of nitrogens with two attached hydrogens (primary N) is 3. The van der Waals surface area contributed by atoms with Crippen LogP contribution in [0.25, 0.3) is 10.8 Å². The lowest BCUT2D eigenvalue weighted by Crippen LogP contribution is -2.61. The number of amides is 7. The second kappa shape index (κ2) is 18.7. The molecule has 0 aromatic heterocycles. The van der Waals surface area contributed by atoms with Gasteiger partial charge in [0.15, 0.2) is 0 Å². The van der Waals surface area contributed by atoms with Crippen molar-refractivity contribution in [1.82, 2.24) is 20.9 Å². The second-order valence-electron chi connectivity index (χ2n) is 13.2. The van der Waals surface area contributed by atoms with Crippen molar-refractivity contribution in [2.75, 3.05) is 18.1 Å². The number of primary amides is 2. The first-order valence-corrected chi connectivity index (χ1v) is 17.2. The molecule has 7 amide bonds. The predicted octanol–water partition coefficient (Wildman–Crippen LogP) is -1.79. The van der Waals surface area contributed by atoms with Crippen molar-refractivity contribution < 1.29 is 48.6 Å². The largest absolute Gasteiger partial charge is 0.480 e. The molecular formula is C35H48N8O10. The Morgan fingerprint density at radius 3 is 2.06 bits per heavy atom. The lowest BCUT2D eigenvalue weighted by molar-refractivity contribution is -0.148. The number of fused-ring (bicyclic) bond motifs is 1. The monoisotopic (exact) mass is 740 g/mol. The van der Waals surface area contributed by atoms with Gasteiger partial charge in [-0.1, -0.05) is 50.2 Å². The van der Waals surface area contributed by atoms with E-state index in [0.717, 1.165) is 4.90 Å². The first kappa shape index (κ1) is 41.8. The molecule has 1 heterocycles. The number of nitrogens with zero attached hydrogens (tertiary/aromatic N) is 2. The minimum atomic E-state index is -1.74. The number of aliphatic hydroxyl groups excluding tert-OH is 1. The third-order valence-corrected chi connectivity index (χ3v) is 9.00. The number of likely N-dealkylation sites (tertiary alicyclic amines) is 1. The number of hydrogen-bond acceptors (Lipinski definition) is 10. The number of carbonyl (C=O) groups is 8. The van der Waals surface area contributed by atoms with E-state index >= 15 is 0 Å². The van der Waals surface area contributed by atoms with Crippen molar-refractivity contribution in [2.45, 2.75) is 89.1 Å². The van der Waals surface area contributed by atoms with Crippen LogP contribution in [0.15, 0.2) is 42.5 Å². The summed E-state index contributed by atoms with van der Waals surface area (Å²) in [6, 6.07) is 3.48. The van der Waals surface area contributed by atoms with Gasteiger partial charge in [0.2, 0.25) is 35.4 Å². The smallest absolute Gasteiger partial charge is 0.326 e. The molecule has 6 atom stereocenters. The second-order valence-corrected chi connectivity index (χ2v) is 13.2. The van der Waals surface area contributed by atoms with Crippen molar-refractivity contribution in [3.63, 3.8) is 0 Å². The Kier molecular flexibility index (Phi) is 14.8. The number of rotatable bonds is 18. The Bertz CT molecular complexity index is 1710. The number of benzene rings is 2. The van der Waals surface area contributed by atoms with E-state index in [1.807, 2.05) is 0 Å². The number of nitrogens with one attached hydrogen (secondary N) is 3. The van der Waals surface area contributed by atoms with E-state index in [4.69, 9.17) is 17.2 Å². The fraction of sp³-hybridized carbons (Fsp3) is 0.486. The molecule has 0 saturated carbocycles. The van der Waals surface area contributed by atoms with E-state index in [1.54, 1.807) is 56.3 Å². The molecule has 11 N–H and O–H groups in total. The van der Waals surface area contributed by atoms with Gasteiger partial charge in [0, 0.05) is 18.4 Å². The van der Waals surface area contributed by atoms with Gasteiger partial charge in [0.05, 0.1) is 24.8 Å². The number of carbonyl (C=O) groups excluding carboxylic acids is 7. The van der Waals surface area contributed by atoms with Crippen LogP contribution in [0.3, 0.4) is 0 Å². The molecule has 2 aromatic carbocycles. The predicted molar refractivity (Wildman–Crippen MR) is 191 cm³/mol. The number of anilines is 1. The molecule has 1 saturated heterocycles. The van der Waals surface area contributed by atoms with E-state index < -0.39 is 109 Å². The van der Waals surface area contributed by atoms with Crippen molar-refractivity contribution in [3.05, 3.63) is 42.5 Å². The number of carboxylic acid groups (broad SMARTS) is 1. The maximum atomic E-state index is 14.6. The number of carboxylic acids is 1. The molecule has 0 radical (unpaired) electrons. The van der Waals surface area contributed by atoms with Crippen molar-refractivity contribution in [3.8, 4) is 0 Å². The summed E-state index contributed by atoms with van der Waals surface area (Å²) in [7, 11) is 0. The molecule has 53 heavy (non-hydrogen) atoms. The highest BCUT2D eigenvalue weighted by molar-refractivity contribution is 6.11. The lowest BCUT2D eigenvalue weighted by atomic mass is 10.0. The van der Waals surface area contributed by atoms with Crippen LogP contribution in [0.4, 0.5) is 5.69 Å². The lowest BCUT2D eigenvalue weighted by Gasteiger charge is -2.35. The SMILES string of the molecule is CC(C)[C@H](N)C(=O)N[C@@H](CO)C(=O)N[C@@H](CCC(N)=O)C(=O)N[C@@H](CC(N)=O)C(=O)N(c1cccc2ccccc12)[C@@H](C)C(=O)N1CCC[C@H]1C(=O)O. The quantitative estimate of drug-likeness (QED) is 0.0844. The maximum Gasteiger partial charge on any atom is 0.326 e. The summed E-state index contributed by atoms with van der Waals surface area (Å²) < 4.78 is 0. The summed E-state index contributed by atoms with van der Waals surface area (Å²) in [5.74, 6) is -7.89. The molecule has 0 aliphatic carbocycles. The summed E-state index contributed by atoms with van der Waals surface area (Å²) in [5.41, 5.74) is 16.9. The zero-order chi connectivity index (χ0) is 39.6. The van der Waals surface area contributed by atoms with Gasteiger partial charge >= 0.3 is 5.97 Å². The summed E-state index contributed by atoms with van der Waals surface area (Å²) in [5, 5.41) is 27.9. The molecular weight excluding hydrogens is 692 g/mol. The fourth-order valence-corrected chi connectivity index (χ4v) is 6.01. The zero-order valence-electron chi connectivity index (χ0n) is 29.8. The first-order chi connectivity index (χ1) is 25.0. The van der Waals surface area contributed by atoms with E-state index in [1.165, 1.54) is 11.8 Å². The van der Waals surface area contributed by atoms with Crippen LogP contribution >= 0.6 is 0 Å². The Hall–Kier alpha value is -5.62. The highest BCUT2D eigenvalue weighted by atomic mass is 16.4. The molecule has 2 aromatic rings. The van der Waals surface area contributed by atoms with Crippen molar-refractivity contribution in [1.29, 1.82) is 0 Å². The van der Waals surface area contributed by atoms with E-state index in [-0.39, 0.29) is 24.6 Å². The molecule has 288 valence electrons. The normalized spacial score (nSPS) is 16.9. The first-order valence-electron chi connectivity index (χ1n) is 17.2. The Morgan fingerprint density at radius 2 is 1.45 bits per heavy atom. The fourth-order valence-electron chi connectivity index (χ4n) is 6.01. The van der Waals surface area contributed by atoms with Crippen molar-refractivity contribution in [2.24, 2.45) is 23.1 Å². The minimum absolute atomic E-state index is 0.124.